The number of nitrogens with two attached hydrogens (primary N) is 1. The van der Waals surface area contributed by atoms with Crippen LogP contribution in [0.3, 0.4) is 0 Å². The summed E-state index contributed by atoms with van der Waals surface area (Å²) >= 11 is 0.954. The Morgan fingerprint density at radius 3 is 2.07 bits per heavy atom. The highest BCUT2D eigenvalue weighted by molar-refractivity contribution is 7.14. The topological polar surface area (TPSA) is 81.4 Å². The zero-order valence-electron chi connectivity index (χ0n) is 13.1. The van der Waals surface area contributed by atoms with Crippen molar-refractivity contribution in [3.63, 3.8) is 0 Å². The van der Waals surface area contributed by atoms with Crippen molar-refractivity contribution in [2.75, 3.05) is 11.9 Å². The van der Waals surface area contributed by atoms with Gasteiger partial charge in [0, 0.05) is 0 Å². The van der Waals surface area contributed by atoms with E-state index in [1.54, 1.807) is 0 Å². The summed E-state index contributed by atoms with van der Waals surface area (Å²) in [5, 5.41) is 3.78. The van der Waals surface area contributed by atoms with Gasteiger partial charge in [-0.3, -0.25) is 9.59 Å². The van der Waals surface area contributed by atoms with Crippen molar-refractivity contribution in [3.05, 3.63) is 46.3 Å². The van der Waals surface area contributed by atoms with Crippen molar-refractivity contribution in [2.24, 2.45) is 5.73 Å². The molecular weight excluding hydrogens is 402 g/mol. The number of primary amides is 1. The second-order valence-corrected chi connectivity index (χ2v) is 6.02. The number of alkyl halides is 6. The maximum Gasteiger partial charge on any atom is 0.416 e. The Balaban J connectivity index is 2.15. The number of carbonyl (C=O) groups excluding carboxylic acids is 2. The number of hydrogen-bond acceptors (Lipinski definition) is 4. The zero-order valence-corrected chi connectivity index (χ0v) is 13.9. The third-order valence-electron chi connectivity index (χ3n) is 3.11. The van der Waals surface area contributed by atoms with Crippen molar-refractivity contribution in [3.8, 4) is 5.75 Å². The Kier molecular flexibility index (Phi) is 5.68. The van der Waals surface area contributed by atoms with Gasteiger partial charge in [-0.15, -0.1) is 11.3 Å². The Bertz CT molecular complexity index is 828. The Labute approximate surface area is 151 Å². The van der Waals surface area contributed by atoms with E-state index in [4.69, 9.17) is 10.5 Å². The highest BCUT2D eigenvalue weighted by atomic mass is 32.1. The van der Waals surface area contributed by atoms with Crippen molar-refractivity contribution in [2.45, 2.75) is 12.4 Å². The molecule has 2 amide bonds. The predicted octanol–water partition coefficient (Wildman–Crippen LogP) is 3.90. The summed E-state index contributed by atoms with van der Waals surface area (Å²) < 4.78 is 81.3. The van der Waals surface area contributed by atoms with Gasteiger partial charge in [-0.25, -0.2) is 0 Å². The highest BCUT2D eigenvalue weighted by Crippen LogP contribution is 2.38. The Hall–Kier alpha value is -2.76. The first-order valence-electron chi connectivity index (χ1n) is 6.97. The lowest BCUT2D eigenvalue weighted by molar-refractivity contribution is -0.143. The third-order valence-corrected chi connectivity index (χ3v) is 3.94. The fourth-order valence-corrected chi connectivity index (χ4v) is 2.73. The lowest BCUT2D eigenvalue weighted by atomic mass is 10.1. The van der Waals surface area contributed by atoms with Gasteiger partial charge < -0.3 is 15.8 Å². The molecule has 0 radical (unpaired) electrons. The summed E-state index contributed by atoms with van der Waals surface area (Å²) in [7, 11) is 0. The van der Waals surface area contributed by atoms with Gasteiger partial charge in [0.15, 0.2) is 6.61 Å². The molecule has 0 fully saturated rings. The van der Waals surface area contributed by atoms with Crippen LogP contribution in [0.4, 0.5) is 31.3 Å². The van der Waals surface area contributed by atoms with Gasteiger partial charge in [-0.1, -0.05) is 0 Å². The molecule has 12 heteroatoms. The predicted molar refractivity (Wildman–Crippen MR) is 83.4 cm³/mol. The monoisotopic (exact) mass is 412 g/mol. The van der Waals surface area contributed by atoms with Gasteiger partial charge in [0.25, 0.3) is 11.8 Å². The number of ether oxygens (including phenoxy) is 1. The van der Waals surface area contributed by atoms with Crippen LogP contribution in [0.1, 0.15) is 21.5 Å². The fraction of sp³-hybridized carbons (Fsp3) is 0.200. The second-order valence-electron chi connectivity index (χ2n) is 5.11. The van der Waals surface area contributed by atoms with E-state index in [1.165, 1.54) is 11.4 Å². The molecule has 0 saturated carbocycles. The van der Waals surface area contributed by atoms with Crippen LogP contribution in [-0.4, -0.2) is 18.4 Å². The minimum atomic E-state index is -5.03. The molecule has 0 aliphatic heterocycles. The van der Waals surface area contributed by atoms with Gasteiger partial charge in [-0.2, -0.15) is 26.3 Å². The van der Waals surface area contributed by atoms with Crippen LogP contribution in [-0.2, 0) is 17.1 Å². The molecule has 0 bridgehead atoms. The summed E-state index contributed by atoms with van der Waals surface area (Å²) in [5.74, 6) is -2.50. The third kappa shape index (κ3) is 5.36. The van der Waals surface area contributed by atoms with Crippen LogP contribution in [0.2, 0.25) is 0 Å². The standard InChI is InChI=1S/C15H10F6N2O3S/c16-14(17,18)7-3-8(15(19,20)21)5-9(4-7)26-6-11(24)23-13-10(12(22)25)1-2-27-13/h1-5H,6H2,(H2,22,25)(H,23,24). The van der Waals surface area contributed by atoms with Crippen molar-refractivity contribution < 1.29 is 40.7 Å². The maximum atomic E-state index is 12.8. The van der Waals surface area contributed by atoms with Gasteiger partial charge in [0.2, 0.25) is 0 Å². The van der Waals surface area contributed by atoms with E-state index in [9.17, 15) is 35.9 Å². The van der Waals surface area contributed by atoms with Crippen LogP contribution in [0, 0.1) is 0 Å². The molecule has 2 aromatic rings. The molecule has 0 saturated heterocycles. The van der Waals surface area contributed by atoms with Crippen LogP contribution >= 0.6 is 11.3 Å². The fourth-order valence-electron chi connectivity index (χ4n) is 1.92. The first-order chi connectivity index (χ1) is 12.4. The minimum Gasteiger partial charge on any atom is -0.484 e. The molecule has 3 N–H and O–H groups in total. The number of halogens is 6. The van der Waals surface area contributed by atoms with Crippen LogP contribution in [0.15, 0.2) is 29.6 Å². The quantitative estimate of drug-likeness (QED) is 0.731. The maximum absolute atomic E-state index is 12.8. The molecule has 1 aromatic heterocycles. The summed E-state index contributed by atoms with van der Waals surface area (Å²) in [5.41, 5.74) is 1.96. The second kappa shape index (κ2) is 7.47. The molecule has 0 spiro atoms. The van der Waals surface area contributed by atoms with Crippen LogP contribution < -0.4 is 15.8 Å². The van der Waals surface area contributed by atoms with E-state index in [1.807, 2.05) is 0 Å². The largest absolute Gasteiger partial charge is 0.484 e. The molecule has 27 heavy (non-hydrogen) atoms. The van der Waals surface area contributed by atoms with E-state index in [2.05, 4.69) is 5.32 Å². The Morgan fingerprint density at radius 2 is 1.59 bits per heavy atom. The number of carbonyl (C=O) groups is 2. The molecule has 0 aliphatic rings. The van der Waals surface area contributed by atoms with E-state index < -0.39 is 47.7 Å². The molecule has 5 nitrogen and oxygen atoms in total. The molecular formula is C15H10F6N2O3S. The molecule has 1 heterocycles. The SMILES string of the molecule is NC(=O)c1ccsc1NC(=O)COc1cc(C(F)(F)F)cc(C(F)(F)F)c1. The molecule has 1 aromatic carbocycles. The zero-order chi connectivity index (χ0) is 20.4. The van der Waals surface area contributed by atoms with Crippen molar-refractivity contribution in [1.82, 2.24) is 0 Å². The summed E-state index contributed by atoms with van der Waals surface area (Å²) in [6.07, 6.45) is -10.1. The van der Waals surface area contributed by atoms with Crippen molar-refractivity contribution in [1.29, 1.82) is 0 Å². The summed E-state index contributed by atoms with van der Waals surface area (Å²) in [6.45, 7) is -0.880. The van der Waals surface area contributed by atoms with Gasteiger partial charge in [-0.05, 0) is 29.6 Å². The lowest BCUT2D eigenvalue weighted by Crippen LogP contribution is -2.22. The number of hydrogen-bond donors (Lipinski definition) is 2. The number of rotatable bonds is 5. The lowest BCUT2D eigenvalue weighted by Gasteiger charge is -2.14. The van der Waals surface area contributed by atoms with Gasteiger partial charge >= 0.3 is 12.4 Å². The first kappa shape index (κ1) is 20.6. The number of anilines is 1. The molecule has 0 aliphatic carbocycles. The van der Waals surface area contributed by atoms with E-state index >= 15 is 0 Å². The minimum absolute atomic E-state index is 0.00627. The normalized spacial score (nSPS) is 11.9. The average Bonchev–Trinajstić information content (AvgIpc) is 2.99. The number of amides is 2. The average molecular weight is 412 g/mol. The van der Waals surface area contributed by atoms with Crippen molar-refractivity contribution >= 4 is 28.2 Å². The smallest absolute Gasteiger partial charge is 0.416 e. The van der Waals surface area contributed by atoms with Gasteiger partial charge in [0.05, 0.1) is 16.7 Å². The number of thiophene rings is 1. The van der Waals surface area contributed by atoms with E-state index in [0.29, 0.717) is 12.1 Å². The van der Waals surface area contributed by atoms with Crippen LogP contribution in [0.5, 0.6) is 5.75 Å². The molecule has 2 rings (SSSR count). The number of benzene rings is 1. The Morgan fingerprint density at radius 1 is 1.04 bits per heavy atom. The van der Waals surface area contributed by atoms with Gasteiger partial charge in [0.1, 0.15) is 10.8 Å². The van der Waals surface area contributed by atoms with E-state index in [0.717, 1.165) is 11.3 Å². The highest BCUT2D eigenvalue weighted by Gasteiger charge is 2.37. The summed E-state index contributed by atoms with van der Waals surface area (Å²) in [4.78, 5) is 22.9. The summed E-state index contributed by atoms with van der Waals surface area (Å²) in [6, 6.07) is 1.98. The molecule has 146 valence electrons. The molecule has 0 atom stereocenters. The number of nitrogens with one attached hydrogen (secondary N) is 1. The molecule has 0 unspecified atom stereocenters. The first-order valence-corrected chi connectivity index (χ1v) is 7.85. The van der Waals surface area contributed by atoms with E-state index in [-0.39, 0.29) is 16.6 Å². The van der Waals surface area contributed by atoms with Crippen LogP contribution in [0.25, 0.3) is 0 Å².